The molecule has 1 N–H and O–H groups in total. The lowest BCUT2D eigenvalue weighted by Crippen LogP contribution is -2.32. The predicted molar refractivity (Wildman–Crippen MR) is 127 cm³/mol. The number of nitrogens with zero attached hydrogens (tertiary/aromatic N) is 4. The van der Waals surface area contributed by atoms with Crippen molar-refractivity contribution in [3.05, 3.63) is 70.0 Å². The van der Waals surface area contributed by atoms with E-state index in [-0.39, 0.29) is 29.0 Å². The fourth-order valence-corrected chi connectivity index (χ4v) is 5.10. The van der Waals surface area contributed by atoms with Crippen molar-refractivity contribution in [1.82, 2.24) is 24.5 Å². The monoisotopic (exact) mass is 461 g/mol. The largest absolute Gasteiger partial charge is 0.349 e. The molecule has 1 saturated carbocycles. The Morgan fingerprint density at radius 3 is 2.58 bits per heavy atom. The van der Waals surface area contributed by atoms with Gasteiger partial charge in [-0.05, 0) is 31.0 Å². The zero-order valence-electron chi connectivity index (χ0n) is 18.2. The fourth-order valence-electron chi connectivity index (χ4n) is 4.27. The number of nitrogens with one attached hydrogen (secondary N) is 1. The van der Waals surface area contributed by atoms with Gasteiger partial charge < -0.3 is 5.32 Å². The van der Waals surface area contributed by atoms with Crippen molar-refractivity contribution in [2.24, 2.45) is 7.05 Å². The molecular formula is C24H23N5O3S. The van der Waals surface area contributed by atoms with Gasteiger partial charge in [-0.15, -0.1) is 10.2 Å². The highest BCUT2D eigenvalue weighted by atomic mass is 32.2. The smallest absolute Gasteiger partial charge is 0.262 e. The van der Waals surface area contributed by atoms with Crippen LogP contribution in [0.1, 0.15) is 46.4 Å². The van der Waals surface area contributed by atoms with E-state index in [0.29, 0.717) is 33.0 Å². The normalized spacial score (nSPS) is 14.2. The van der Waals surface area contributed by atoms with Gasteiger partial charge in [0.1, 0.15) is 0 Å². The van der Waals surface area contributed by atoms with Crippen LogP contribution in [0.15, 0.2) is 58.5 Å². The molecule has 2 heterocycles. The van der Waals surface area contributed by atoms with E-state index in [9.17, 15) is 14.4 Å². The van der Waals surface area contributed by atoms with Gasteiger partial charge in [0.15, 0.2) is 10.9 Å². The fraction of sp³-hybridized carbons (Fsp3) is 0.292. The van der Waals surface area contributed by atoms with E-state index in [0.717, 1.165) is 25.7 Å². The molecule has 0 spiro atoms. The van der Waals surface area contributed by atoms with Crippen LogP contribution in [0.25, 0.3) is 16.7 Å². The van der Waals surface area contributed by atoms with Gasteiger partial charge in [-0.3, -0.25) is 23.4 Å². The standard InChI is InChI=1S/C24H23N5O3S/c1-28-22(32)18-12-11-16(21(31)25-17-9-5-6-10-17)13-19(18)29-23(28)26-27-24(29)33-14-20(30)15-7-3-2-4-8-15/h2-4,7-8,11-13,17H,5-6,9-10,14H2,1H3,(H,25,31). The van der Waals surface area contributed by atoms with E-state index in [4.69, 9.17) is 0 Å². The molecule has 33 heavy (non-hydrogen) atoms. The molecule has 1 aliphatic rings. The number of hydrogen-bond donors (Lipinski definition) is 1. The van der Waals surface area contributed by atoms with Crippen molar-refractivity contribution in [2.75, 3.05) is 5.75 Å². The molecule has 1 fully saturated rings. The van der Waals surface area contributed by atoms with E-state index in [1.165, 1.54) is 16.3 Å². The number of rotatable bonds is 6. The third kappa shape index (κ3) is 4.04. The molecule has 4 aromatic rings. The van der Waals surface area contributed by atoms with Crippen LogP contribution < -0.4 is 10.9 Å². The predicted octanol–water partition coefficient (Wildman–Crippen LogP) is 3.23. The lowest BCUT2D eigenvalue weighted by atomic mass is 10.1. The van der Waals surface area contributed by atoms with Crippen LogP contribution in [0.3, 0.4) is 0 Å². The molecule has 0 aliphatic heterocycles. The van der Waals surface area contributed by atoms with Gasteiger partial charge in [-0.1, -0.05) is 54.9 Å². The Kier molecular flexibility index (Phi) is 5.72. The Bertz CT molecular complexity index is 1420. The third-order valence-electron chi connectivity index (χ3n) is 6.07. The first-order valence-electron chi connectivity index (χ1n) is 10.9. The maximum Gasteiger partial charge on any atom is 0.262 e. The second-order valence-corrected chi connectivity index (χ2v) is 9.19. The zero-order chi connectivity index (χ0) is 22.9. The first-order chi connectivity index (χ1) is 16.0. The number of thioether (sulfide) groups is 1. The van der Waals surface area contributed by atoms with Gasteiger partial charge >= 0.3 is 0 Å². The Balaban J connectivity index is 1.53. The van der Waals surface area contributed by atoms with Crippen molar-refractivity contribution in [3.63, 3.8) is 0 Å². The highest BCUT2D eigenvalue weighted by molar-refractivity contribution is 7.99. The summed E-state index contributed by atoms with van der Waals surface area (Å²) in [6.07, 6.45) is 4.24. The number of Topliss-reactive ketones (excluding diaryl/α,β-unsaturated/α-hetero) is 1. The summed E-state index contributed by atoms with van der Waals surface area (Å²) < 4.78 is 3.17. The molecule has 8 nitrogen and oxygen atoms in total. The van der Waals surface area contributed by atoms with E-state index < -0.39 is 0 Å². The van der Waals surface area contributed by atoms with Crippen molar-refractivity contribution < 1.29 is 9.59 Å². The van der Waals surface area contributed by atoms with Crippen LogP contribution in [0.4, 0.5) is 0 Å². The summed E-state index contributed by atoms with van der Waals surface area (Å²) in [4.78, 5) is 38.3. The van der Waals surface area contributed by atoms with Crippen LogP contribution in [-0.4, -0.2) is 42.7 Å². The SMILES string of the molecule is Cn1c(=O)c2ccc(C(=O)NC3CCCC3)cc2n2c(SCC(=O)c3ccccc3)nnc12. The molecular weight excluding hydrogens is 438 g/mol. The topological polar surface area (TPSA) is 98.4 Å². The van der Waals surface area contributed by atoms with Gasteiger partial charge in [0.05, 0.1) is 16.7 Å². The molecule has 0 unspecified atom stereocenters. The van der Waals surface area contributed by atoms with E-state index >= 15 is 0 Å². The Hall–Kier alpha value is -3.46. The number of fused-ring (bicyclic) bond motifs is 3. The van der Waals surface area contributed by atoms with Crippen molar-refractivity contribution in [1.29, 1.82) is 0 Å². The lowest BCUT2D eigenvalue weighted by Gasteiger charge is -2.13. The van der Waals surface area contributed by atoms with Gasteiger partial charge in [-0.2, -0.15) is 0 Å². The molecule has 0 radical (unpaired) electrons. The van der Waals surface area contributed by atoms with E-state index in [2.05, 4.69) is 15.5 Å². The van der Waals surface area contributed by atoms with Gasteiger partial charge in [-0.25, -0.2) is 0 Å². The molecule has 0 bridgehead atoms. The Morgan fingerprint density at radius 2 is 1.82 bits per heavy atom. The molecule has 2 aromatic carbocycles. The summed E-state index contributed by atoms with van der Waals surface area (Å²) in [5, 5.41) is 12.4. The summed E-state index contributed by atoms with van der Waals surface area (Å²) in [5.41, 5.74) is 1.44. The summed E-state index contributed by atoms with van der Waals surface area (Å²) in [6, 6.07) is 14.3. The number of aromatic nitrogens is 4. The third-order valence-corrected chi connectivity index (χ3v) is 7.00. The van der Waals surface area contributed by atoms with Gasteiger partial charge in [0.25, 0.3) is 11.5 Å². The average Bonchev–Trinajstić information content (AvgIpc) is 3.51. The first-order valence-corrected chi connectivity index (χ1v) is 11.9. The summed E-state index contributed by atoms with van der Waals surface area (Å²) in [5.74, 6) is 0.356. The molecule has 1 aliphatic carbocycles. The van der Waals surface area contributed by atoms with Gasteiger partial charge in [0.2, 0.25) is 5.78 Å². The minimum Gasteiger partial charge on any atom is -0.349 e. The lowest BCUT2D eigenvalue weighted by molar-refractivity contribution is 0.0937. The van der Waals surface area contributed by atoms with Gasteiger partial charge in [0, 0.05) is 24.2 Å². The van der Waals surface area contributed by atoms with Crippen LogP contribution in [-0.2, 0) is 7.05 Å². The van der Waals surface area contributed by atoms with E-state index in [1.807, 2.05) is 18.2 Å². The quantitative estimate of drug-likeness (QED) is 0.350. The summed E-state index contributed by atoms with van der Waals surface area (Å²) in [7, 11) is 1.63. The number of amides is 1. The molecule has 9 heteroatoms. The van der Waals surface area contributed by atoms with Crippen LogP contribution in [0.2, 0.25) is 0 Å². The molecule has 168 valence electrons. The van der Waals surface area contributed by atoms with Crippen molar-refractivity contribution in [3.8, 4) is 0 Å². The average molecular weight is 462 g/mol. The molecule has 2 aromatic heterocycles. The zero-order valence-corrected chi connectivity index (χ0v) is 19.0. The molecule has 0 saturated heterocycles. The Labute approximate surface area is 194 Å². The van der Waals surface area contributed by atoms with Crippen LogP contribution in [0.5, 0.6) is 0 Å². The first kappa shape index (κ1) is 21.4. The second-order valence-electron chi connectivity index (χ2n) is 8.25. The van der Waals surface area contributed by atoms with Crippen LogP contribution in [0, 0.1) is 0 Å². The molecule has 1 amide bonds. The number of benzene rings is 2. The number of ketones is 1. The van der Waals surface area contributed by atoms with E-state index in [1.54, 1.807) is 41.8 Å². The highest BCUT2D eigenvalue weighted by Crippen LogP contribution is 2.24. The number of carbonyl (C=O) groups is 2. The Morgan fingerprint density at radius 1 is 1.06 bits per heavy atom. The van der Waals surface area contributed by atoms with Crippen LogP contribution >= 0.6 is 11.8 Å². The maximum absolute atomic E-state index is 12.9. The van der Waals surface area contributed by atoms with Crippen molar-refractivity contribution in [2.45, 2.75) is 36.9 Å². The maximum atomic E-state index is 12.9. The number of hydrogen-bond acceptors (Lipinski definition) is 6. The second kappa shape index (κ2) is 8.82. The molecule has 0 atom stereocenters. The highest BCUT2D eigenvalue weighted by Gasteiger charge is 2.21. The molecule has 5 rings (SSSR count). The number of aryl methyl sites for hydroxylation is 1. The van der Waals surface area contributed by atoms with Crippen molar-refractivity contribution >= 4 is 40.1 Å². The summed E-state index contributed by atoms with van der Waals surface area (Å²) in [6.45, 7) is 0. The minimum absolute atomic E-state index is 0.0249. The minimum atomic E-state index is -0.218. The summed E-state index contributed by atoms with van der Waals surface area (Å²) >= 11 is 1.25. The number of carbonyl (C=O) groups excluding carboxylic acids is 2.